The molecule has 0 saturated heterocycles. The molecule has 194 valence electrons. The van der Waals surface area contributed by atoms with Crippen LogP contribution < -0.4 is 14.2 Å². The zero-order chi connectivity index (χ0) is 27.8. The van der Waals surface area contributed by atoms with Crippen molar-refractivity contribution in [3.8, 4) is 39.5 Å². The third kappa shape index (κ3) is 7.15. The summed E-state index contributed by atoms with van der Waals surface area (Å²) >= 11 is 0. The highest BCUT2D eigenvalue weighted by Crippen LogP contribution is 2.36. The molecule has 0 heterocycles. The number of methoxy groups -OCH3 is 1. The van der Waals surface area contributed by atoms with Crippen LogP contribution in [0.1, 0.15) is 13.8 Å². The van der Waals surface area contributed by atoms with Crippen molar-refractivity contribution >= 4 is 17.9 Å². The molecule has 0 aliphatic carbocycles. The van der Waals surface area contributed by atoms with Gasteiger partial charge < -0.3 is 18.9 Å². The first-order valence-electron chi connectivity index (χ1n) is 11.6. The van der Waals surface area contributed by atoms with Gasteiger partial charge >= 0.3 is 17.9 Å². The molecular weight excluding hydrogens is 484 g/mol. The van der Waals surface area contributed by atoms with Crippen LogP contribution in [0.15, 0.2) is 103 Å². The maximum absolute atomic E-state index is 12.7. The predicted molar refractivity (Wildman–Crippen MR) is 145 cm³/mol. The van der Waals surface area contributed by atoms with E-state index in [9.17, 15) is 14.4 Å². The number of carbonyl (C=O) groups is 3. The second kappa shape index (κ2) is 12.5. The lowest BCUT2D eigenvalue weighted by Crippen LogP contribution is -2.14. The summed E-state index contributed by atoms with van der Waals surface area (Å²) in [7, 11) is 1.46. The average molecular weight is 513 g/mol. The van der Waals surface area contributed by atoms with E-state index < -0.39 is 17.9 Å². The minimum atomic E-state index is -0.626. The summed E-state index contributed by atoms with van der Waals surface area (Å²) < 4.78 is 21.2. The lowest BCUT2D eigenvalue weighted by Gasteiger charge is -2.14. The van der Waals surface area contributed by atoms with E-state index in [4.69, 9.17) is 18.9 Å². The van der Waals surface area contributed by atoms with Crippen LogP contribution in [-0.4, -0.2) is 31.6 Å². The van der Waals surface area contributed by atoms with Gasteiger partial charge in [-0.05, 0) is 60.9 Å². The molecule has 3 aromatic rings. The summed E-state index contributed by atoms with van der Waals surface area (Å²) in [6, 6.07) is 19.1. The van der Waals surface area contributed by atoms with Crippen molar-refractivity contribution in [1.82, 2.24) is 0 Å². The maximum Gasteiger partial charge on any atom is 0.341 e. The van der Waals surface area contributed by atoms with E-state index in [-0.39, 0.29) is 17.8 Å². The van der Waals surface area contributed by atoms with Gasteiger partial charge in [0.15, 0.2) is 0 Å². The fourth-order valence-corrected chi connectivity index (χ4v) is 3.24. The number of esters is 3. The number of hydrogen-bond acceptors (Lipinski definition) is 7. The van der Waals surface area contributed by atoms with Crippen molar-refractivity contribution < 1.29 is 33.3 Å². The third-order valence-electron chi connectivity index (χ3n) is 5.26. The van der Waals surface area contributed by atoms with Crippen LogP contribution in [0.5, 0.6) is 17.2 Å². The van der Waals surface area contributed by atoms with E-state index in [1.54, 1.807) is 68.4 Å². The molecule has 7 heteroatoms. The van der Waals surface area contributed by atoms with E-state index in [0.29, 0.717) is 28.4 Å². The molecule has 0 N–H and O–H groups in total. The number of benzene rings is 3. The van der Waals surface area contributed by atoms with E-state index in [0.717, 1.165) is 16.7 Å². The molecule has 0 atom stereocenters. The molecule has 3 aromatic carbocycles. The Morgan fingerprint density at radius 3 is 1.58 bits per heavy atom. The SMILES string of the molecule is C=C(C)C(=O)Oc1ccc(-c2ccc(-c3ccc(OC(=O)C(=C)C)cc3)c(OC(=O)C(=C)COC)c2)cc1. The Labute approximate surface area is 221 Å². The summed E-state index contributed by atoms with van der Waals surface area (Å²) in [5.41, 5.74) is 3.69. The maximum atomic E-state index is 12.7. The largest absolute Gasteiger partial charge is 0.423 e. The molecule has 7 nitrogen and oxygen atoms in total. The Morgan fingerprint density at radius 1 is 0.632 bits per heavy atom. The van der Waals surface area contributed by atoms with E-state index >= 15 is 0 Å². The molecule has 0 amide bonds. The quantitative estimate of drug-likeness (QED) is 0.184. The summed E-state index contributed by atoms with van der Waals surface area (Å²) in [5, 5.41) is 0. The molecule has 0 bridgehead atoms. The van der Waals surface area contributed by atoms with Crippen molar-refractivity contribution in [2.24, 2.45) is 0 Å². The number of hydrogen-bond donors (Lipinski definition) is 0. The minimum Gasteiger partial charge on any atom is -0.423 e. The average Bonchev–Trinajstić information content (AvgIpc) is 2.89. The fraction of sp³-hybridized carbons (Fsp3) is 0.129. The first-order valence-corrected chi connectivity index (χ1v) is 11.6. The molecule has 0 aliphatic heterocycles. The first-order chi connectivity index (χ1) is 18.1. The standard InChI is InChI=1S/C31H28O7/c1-19(2)29(32)36-25-12-7-22(8-13-25)24-11-16-27(28(17-24)38-31(34)21(5)18-35-6)23-9-14-26(15-10-23)37-30(33)20(3)4/h7-17H,1,3,5,18H2,2,4,6H3. The van der Waals surface area contributed by atoms with E-state index in [1.807, 2.05) is 12.1 Å². The normalized spacial score (nSPS) is 10.3. The van der Waals surface area contributed by atoms with Crippen molar-refractivity contribution in [2.75, 3.05) is 13.7 Å². The zero-order valence-electron chi connectivity index (χ0n) is 21.5. The third-order valence-corrected chi connectivity index (χ3v) is 5.26. The van der Waals surface area contributed by atoms with Gasteiger partial charge in [0.05, 0.1) is 12.2 Å². The Hall–Kier alpha value is -4.75. The van der Waals surface area contributed by atoms with Gasteiger partial charge in [-0.25, -0.2) is 14.4 Å². The van der Waals surface area contributed by atoms with Crippen LogP contribution in [-0.2, 0) is 19.1 Å². The molecule has 0 saturated carbocycles. The van der Waals surface area contributed by atoms with Crippen LogP contribution >= 0.6 is 0 Å². The number of rotatable bonds is 10. The molecule has 0 radical (unpaired) electrons. The number of ether oxygens (including phenoxy) is 4. The topological polar surface area (TPSA) is 88.1 Å². The molecule has 38 heavy (non-hydrogen) atoms. The lowest BCUT2D eigenvalue weighted by molar-refractivity contribution is -0.131. The van der Waals surface area contributed by atoms with Crippen molar-refractivity contribution in [2.45, 2.75) is 13.8 Å². The monoisotopic (exact) mass is 512 g/mol. The highest BCUT2D eigenvalue weighted by molar-refractivity contribution is 5.92. The zero-order valence-corrected chi connectivity index (χ0v) is 21.5. The van der Waals surface area contributed by atoms with Crippen LogP contribution in [0.2, 0.25) is 0 Å². The second-order valence-electron chi connectivity index (χ2n) is 8.53. The van der Waals surface area contributed by atoms with Gasteiger partial charge in [0.2, 0.25) is 0 Å². The fourth-order valence-electron chi connectivity index (χ4n) is 3.24. The van der Waals surface area contributed by atoms with Crippen molar-refractivity contribution in [3.63, 3.8) is 0 Å². The van der Waals surface area contributed by atoms with Crippen LogP contribution in [0.4, 0.5) is 0 Å². The Kier molecular flexibility index (Phi) is 9.13. The molecule has 0 fully saturated rings. The highest BCUT2D eigenvalue weighted by atomic mass is 16.5. The highest BCUT2D eigenvalue weighted by Gasteiger charge is 2.16. The van der Waals surface area contributed by atoms with Gasteiger partial charge in [0.1, 0.15) is 17.2 Å². The van der Waals surface area contributed by atoms with Crippen LogP contribution in [0.3, 0.4) is 0 Å². The van der Waals surface area contributed by atoms with Gasteiger partial charge in [0, 0.05) is 23.8 Å². The molecule has 0 aromatic heterocycles. The summed E-state index contributed by atoms with van der Waals surface area (Å²) in [6.07, 6.45) is 0. The van der Waals surface area contributed by atoms with E-state index in [1.165, 1.54) is 7.11 Å². The van der Waals surface area contributed by atoms with Gasteiger partial charge in [-0.3, -0.25) is 0 Å². The Bertz CT molecular complexity index is 1400. The van der Waals surface area contributed by atoms with Gasteiger partial charge in [0.25, 0.3) is 0 Å². The van der Waals surface area contributed by atoms with Crippen LogP contribution in [0.25, 0.3) is 22.3 Å². The molecule has 0 unspecified atom stereocenters. The van der Waals surface area contributed by atoms with Crippen molar-refractivity contribution in [1.29, 1.82) is 0 Å². The van der Waals surface area contributed by atoms with Gasteiger partial charge in [-0.1, -0.05) is 56.1 Å². The van der Waals surface area contributed by atoms with Gasteiger partial charge in [-0.15, -0.1) is 0 Å². The summed E-state index contributed by atoms with van der Waals surface area (Å²) in [5.74, 6) is -0.610. The number of carbonyl (C=O) groups excluding carboxylic acids is 3. The lowest BCUT2D eigenvalue weighted by atomic mass is 9.99. The molecule has 3 rings (SSSR count). The molecule has 0 spiro atoms. The smallest absolute Gasteiger partial charge is 0.341 e. The second-order valence-corrected chi connectivity index (χ2v) is 8.53. The summed E-state index contributed by atoms with van der Waals surface area (Å²) in [6.45, 7) is 14.0. The van der Waals surface area contributed by atoms with Gasteiger partial charge in [-0.2, -0.15) is 0 Å². The van der Waals surface area contributed by atoms with E-state index in [2.05, 4.69) is 19.7 Å². The Balaban J connectivity index is 1.95. The van der Waals surface area contributed by atoms with Crippen LogP contribution in [0, 0.1) is 0 Å². The summed E-state index contributed by atoms with van der Waals surface area (Å²) in [4.78, 5) is 36.2. The Morgan fingerprint density at radius 2 is 1.11 bits per heavy atom. The predicted octanol–water partition coefficient (Wildman–Crippen LogP) is 6.09. The molecule has 0 aliphatic rings. The first kappa shape index (κ1) is 27.8. The minimum absolute atomic E-state index is 0.0288. The molecular formula is C31H28O7. The van der Waals surface area contributed by atoms with Crippen molar-refractivity contribution in [3.05, 3.63) is 103 Å².